The van der Waals surface area contributed by atoms with E-state index in [2.05, 4.69) is 33.8 Å². The van der Waals surface area contributed by atoms with Gasteiger partial charge in [-0.05, 0) is 62.6 Å². The standard InChI is InChI=1S/C30H28N6O2/c1-4-9-22(15-14-21-12-13-21)25-19(2)18-24(36(30(25)38)23-10-6-5-7-11-23)20(3)33-29(37)26-27(31)34-35-17-8-16-32-28(26)35/h4-11,16-18,20-21H,1,12-13H2,2-3H3,(H2,31,34)(H,33,37)/b22-9-. The highest BCUT2D eigenvalue weighted by atomic mass is 16.2. The normalized spacial score (nSPS) is 14.0. The number of rotatable bonds is 6. The summed E-state index contributed by atoms with van der Waals surface area (Å²) in [6.45, 7) is 7.53. The molecule has 3 N–H and O–H groups in total. The first-order chi connectivity index (χ1) is 18.4. The summed E-state index contributed by atoms with van der Waals surface area (Å²) in [6, 6.07) is 12.4. The molecule has 0 aliphatic heterocycles. The minimum absolute atomic E-state index is 0.0776. The molecule has 190 valence electrons. The smallest absolute Gasteiger partial charge is 0.264 e. The fourth-order valence-electron chi connectivity index (χ4n) is 4.42. The van der Waals surface area contributed by atoms with Crippen molar-refractivity contribution in [3.05, 3.63) is 106 Å². The molecule has 0 radical (unpaired) electrons. The lowest BCUT2D eigenvalue weighted by atomic mass is 9.99. The number of amides is 1. The topological polar surface area (TPSA) is 107 Å². The average Bonchev–Trinajstić information content (AvgIpc) is 3.67. The Bertz CT molecular complexity index is 1700. The van der Waals surface area contributed by atoms with Gasteiger partial charge < -0.3 is 11.1 Å². The fourth-order valence-corrected chi connectivity index (χ4v) is 4.42. The van der Waals surface area contributed by atoms with Crippen molar-refractivity contribution in [2.45, 2.75) is 32.7 Å². The summed E-state index contributed by atoms with van der Waals surface area (Å²) in [6.07, 6.45) is 8.85. The molecule has 0 saturated heterocycles. The number of para-hydroxylation sites is 1. The minimum atomic E-state index is -0.550. The molecule has 8 nitrogen and oxygen atoms in total. The lowest BCUT2D eigenvalue weighted by Gasteiger charge is -2.22. The van der Waals surface area contributed by atoms with Gasteiger partial charge in [0.2, 0.25) is 0 Å². The Morgan fingerprint density at radius 1 is 1.24 bits per heavy atom. The predicted molar refractivity (Wildman–Crippen MR) is 149 cm³/mol. The number of nitrogens with two attached hydrogens (primary N) is 1. The maximum absolute atomic E-state index is 14.1. The number of benzene rings is 1. The number of carbonyl (C=O) groups excluding carboxylic acids is 1. The van der Waals surface area contributed by atoms with Crippen molar-refractivity contribution in [3.8, 4) is 17.5 Å². The van der Waals surface area contributed by atoms with Gasteiger partial charge in [0.25, 0.3) is 11.5 Å². The molecule has 1 fully saturated rings. The number of fused-ring (bicyclic) bond motifs is 1. The summed E-state index contributed by atoms with van der Waals surface area (Å²) in [7, 11) is 0. The largest absolute Gasteiger partial charge is 0.381 e. The third-order valence-electron chi connectivity index (χ3n) is 6.43. The van der Waals surface area contributed by atoms with E-state index in [-0.39, 0.29) is 16.9 Å². The van der Waals surface area contributed by atoms with Crippen LogP contribution in [0.15, 0.2) is 78.4 Å². The van der Waals surface area contributed by atoms with Crippen molar-refractivity contribution in [2.75, 3.05) is 5.73 Å². The molecule has 1 aliphatic carbocycles. The number of nitrogens with zero attached hydrogens (tertiary/aromatic N) is 4. The van der Waals surface area contributed by atoms with E-state index in [0.717, 1.165) is 18.4 Å². The number of allylic oxidation sites excluding steroid dienone is 3. The third-order valence-corrected chi connectivity index (χ3v) is 6.43. The molecule has 0 spiro atoms. The minimum Gasteiger partial charge on any atom is -0.381 e. The SMILES string of the molecule is C=C/C=C(/C#CC1CC1)c1c(C)cc(C(C)NC(=O)c2c(N)nn3cccnc23)n(-c2ccccc2)c1=O. The first-order valence-corrected chi connectivity index (χ1v) is 12.4. The monoisotopic (exact) mass is 504 g/mol. The van der Waals surface area contributed by atoms with Gasteiger partial charge in [0.15, 0.2) is 11.5 Å². The molecule has 3 aromatic heterocycles. The van der Waals surface area contributed by atoms with E-state index in [9.17, 15) is 9.59 Å². The van der Waals surface area contributed by atoms with Gasteiger partial charge in [-0.25, -0.2) is 9.50 Å². The fraction of sp³-hybridized carbons (Fsp3) is 0.200. The van der Waals surface area contributed by atoms with Crippen LogP contribution in [-0.2, 0) is 0 Å². The summed E-state index contributed by atoms with van der Waals surface area (Å²) in [5, 5.41) is 7.17. The van der Waals surface area contributed by atoms with Gasteiger partial charge in [0, 0.05) is 35.3 Å². The zero-order valence-electron chi connectivity index (χ0n) is 21.3. The van der Waals surface area contributed by atoms with Crippen LogP contribution in [0, 0.1) is 24.7 Å². The molecule has 1 aliphatic rings. The molecule has 4 aromatic rings. The van der Waals surface area contributed by atoms with Crippen LogP contribution in [0.3, 0.4) is 0 Å². The van der Waals surface area contributed by atoms with Gasteiger partial charge in [-0.1, -0.05) is 42.7 Å². The number of aromatic nitrogens is 4. The van der Waals surface area contributed by atoms with Gasteiger partial charge in [-0.15, -0.1) is 5.10 Å². The number of anilines is 1. The number of pyridine rings is 1. The zero-order valence-corrected chi connectivity index (χ0v) is 21.3. The molecular formula is C30H28N6O2. The summed E-state index contributed by atoms with van der Waals surface area (Å²) in [5.41, 5.74) is 9.58. The summed E-state index contributed by atoms with van der Waals surface area (Å²) < 4.78 is 3.09. The Balaban J connectivity index is 1.61. The Morgan fingerprint density at radius 3 is 2.71 bits per heavy atom. The van der Waals surface area contributed by atoms with E-state index in [4.69, 9.17) is 5.73 Å². The van der Waals surface area contributed by atoms with Gasteiger partial charge in [-0.2, -0.15) is 0 Å². The molecule has 1 saturated carbocycles. The zero-order chi connectivity index (χ0) is 26.8. The molecule has 0 bridgehead atoms. The van der Waals surface area contributed by atoms with Crippen LogP contribution in [0.5, 0.6) is 0 Å². The van der Waals surface area contributed by atoms with Crippen molar-refractivity contribution in [2.24, 2.45) is 5.92 Å². The molecule has 1 amide bonds. The highest BCUT2D eigenvalue weighted by Gasteiger charge is 2.25. The van der Waals surface area contributed by atoms with Crippen LogP contribution < -0.4 is 16.6 Å². The quantitative estimate of drug-likeness (QED) is 0.302. The molecule has 8 heteroatoms. The summed E-state index contributed by atoms with van der Waals surface area (Å²) >= 11 is 0. The third kappa shape index (κ3) is 4.74. The Kier molecular flexibility index (Phi) is 6.67. The highest BCUT2D eigenvalue weighted by molar-refractivity contribution is 6.04. The van der Waals surface area contributed by atoms with Crippen molar-refractivity contribution in [1.82, 2.24) is 24.5 Å². The Labute approximate surface area is 220 Å². The molecule has 1 unspecified atom stereocenters. The molecule has 5 rings (SSSR count). The average molecular weight is 505 g/mol. The predicted octanol–water partition coefficient (Wildman–Crippen LogP) is 4.24. The number of nitrogen functional groups attached to an aromatic ring is 1. The van der Waals surface area contributed by atoms with E-state index in [1.807, 2.05) is 50.2 Å². The van der Waals surface area contributed by atoms with Crippen LogP contribution in [0.2, 0.25) is 0 Å². The number of aryl methyl sites for hydroxylation is 1. The van der Waals surface area contributed by atoms with Gasteiger partial charge >= 0.3 is 0 Å². The first kappa shape index (κ1) is 24.8. The second-order valence-corrected chi connectivity index (χ2v) is 9.31. The van der Waals surface area contributed by atoms with Gasteiger partial charge in [0.1, 0.15) is 5.56 Å². The maximum Gasteiger partial charge on any atom is 0.264 e. The molecule has 38 heavy (non-hydrogen) atoms. The van der Waals surface area contributed by atoms with Crippen molar-refractivity contribution in [3.63, 3.8) is 0 Å². The molecule has 1 atom stereocenters. The Morgan fingerprint density at radius 2 is 2.00 bits per heavy atom. The first-order valence-electron chi connectivity index (χ1n) is 12.4. The maximum atomic E-state index is 14.1. The van der Waals surface area contributed by atoms with Crippen LogP contribution in [-0.4, -0.2) is 25.1 Å². The van der Waals surface area contributed by atoms with Crippen LogP contribution in [0.25, 0.3) is 16.9 Å². The van der Waals surface area contributed by atoms with Crippen molar-refractivity contribution >= 4 is 22.9 Å². The van der Waals surface area contributed by atoms with E-state index in [1.165, 1.54) is 4.52 Å². The second kappa shape index (κ2) is 10.2. The molecular weight excluding hydrogens is 476 g/mol. The van der Waals surface area contributed by atoms with Crippen molar-refractivity contribution < 1.29 is 4.79 Å². The number of hydrogen-bond donors (Lipinski definition) is 2. The lowest BCUT2D eigenvalue weighted by Crippen LogP contribution is -2.33. The molecule has 1 aromatic carbocycles. The van der Waals surface area contributed by atoms with Gasteiger partial charge in [-0.3, -0.25) is 14.2 Å². The van der Waals surface area contributed by atoms with Crippen LogP contribution in [0.1, 0.15) is 53.0 Å². The van der Waals surface area contributed by atoms with E-state index < -0.39 is 11.9 Å². The lowest BCUT2D eigenvalue weighted by molar-refractivity contribution is 0.0941. The highest BCUT2D eigenvalue weighted by Crippen LogP contribution is 2.29. The Hall–Kier alpha value is -4.90. The number of carbonyl (C=O) groups is 1. The molecule has 3 heterocycles. The van der Waals surface area contributed by atoms with Gasteiger partial charge in [0.05, 0.1) is 11.6 Å². The summed E-state index contributed by atoms with van der Waals surface area (Å²) in [4.78, 5) is 31.7. The number of nitrogens with one attached hydrogen (secondary N) is 1. The van der Waals surface area contributed by atoms with E-state index >= 15 is 0 Å². The van der Waals surface area contributed by atoms with Crippen LogP contribution >= 0.6 is 0 Å². The summed E-state index contributed by atoms with van der Waals surface area (Å²) in [5.74, 6) is 6.50. The van der Waals surface area contributed by atoms with E-state index in [1.54, 1.807) is 35.2 Å². The van der Waals surface area contributed by atoms with E-state index in [0.29, 0.717) is 34.1 Å². The van der Waals surface area contributed by atoms with Crippen molar-refractivity contribution in [1.29, 1.82) is 0 Å². The number of hydrogen-bond acceptors (Lipinski definition) is 5. The second-order valence-electron chi connectivity index (χ2n) is 9.31. The van der Waals surface area contributed by atoms with Crippen LogP contribution in [0.4, 0.5) is 5.82 Å².